The van der Waals surface area contributed by atoms with E-state index >= 15 is 4.39 Å². The van der Waals surface area contributed by atoms with Crippen LogP contribution in [0.25, 0.3) is 11.2 Å². The highest BCUT2D eigenvalue weighted by atomic mass is 19.1. The van der Waals surface area contributed by atoms with Crippen LogP contribution in [0.1, 0.15) is 52.3 Å². The molecule has 1 saturated heterocycles. The van der Waals surface area contributed by atoms with E-state index in [1.807, 2.05) is 30.3 Å². The molecule has 0 radical (unpaired) electrons. The number of ketones is 1. The van der Waals surface area contributed by atoms with E-state index in [9.17, 15) is 9.59 Å². The number of ether oxygens (including phenoxy) is 3. The minimum absolute atomic E-state index is 0.0148. The van der Waals surface area contributed by atoms with E-state index in [1.165, 1.54) is 17.8 Å². The van der Waals surface area contributed by atoms with Crippen molar-refractivity contribution in [3.63, 3.8) is 0 Å². The Morgan fingerprint density at radius 2 is 1.95 bits per heavy atom. The van der Waals surface area contributed by atoms with Crippen LogP contribution in [0, 0.1) is 5.41 Å². The Balaban J connectivity index is 1.57. The molecule has 0 bridgehead atoms. The van der Waals surface area contributed by atoms with Gasteiger partial charge in [0.15, 0.2) is 35.7 Å². The first-order chi connectivity index (χ1) is 18.4. The molecule has 1 fully saturated rings. The van der Waals surface area contributed by atoms with Crippen LogP contribution in [-0.4, -0.2) is 63.0 Å². The zero-order valence-corrected chi connectivity index (χ0v) is 22.8. The van der Waals surface area contributed by atoms with Crippen molar-refractivity contribution in [3.05, 3.63) is 42.2 Å². The van der Waals surface area contributed by atoms with E-state index in [0.29, 0.717) is 11.3 Å². The molecule has 4 atom stereocenters. The molecule has 0 saturated carbocycles. The number of alkyl halides is 1. The number of rotatable bonds is 10. The van der Waals surface area contributed by atoms with Crippen LogP contribution in [0.3, 0.4) is 0 Å². The summed E-state index contributed by atoms with van der Waals surface area (Å²) >= 11 is 0. The van der Waals surface area contributed by atoms with Gasteiger partial charge in [-0.3, -0.25) is 14.2 Å². The maximum Gasteiger partial charge on any atom is 0.313 e. The van der Waals surface area contributed by atoms with Crippen molar-refractivity contribution in [2.24, 2.45) is 5.41 Å². The molecule has 3 aromatic rings. The van der Waals surface area contributed by atoms with Crippen LogP contribution in [0.2, 0.25) is 0 Å². The zero-order valence-electron chi connectivity index (χ0n) is 22.8. The minimum atomic E-state index is -2.12. The maximum atomic E-state index is 16.6. The monoisotopic (exact) mass is 542 g/mol. The Kier molecular flexibility index (Phi) is 8.17. The predicted octanol–water partition coefficient (Wildman–Crippen LogP) is 3.60. The zero-order chi connectivity index (χ0) is 28.4. The molecule has 0 unspecified atom stereocenters. The van der Waals surface area contributed by atoms with Crippen molar-refractivity contribution in [1.82, 2.24) is 19.5 Å². The van der Waals surface area contributed by atoms with Gasteiger partial charge in [0.25, 0.3) is 0 Å². The van der Waals surface area contributed by atoms with E-state index in [1.54, 1.807) is 27.8 Å². The fourth-order valence-corrected chi connectivity index (χ4v) is 4.57. The summed E-state index contributed by atoms with van der Waals surface area (Å²) in [5, 5.41) is 2.90. The summed E-state index contributed by atoms with van der Waals surface area (Å²) in [6.45, 7) is 6.01. The minimum Gasteiger partial charge on any atom is -0.438 e. The van der Waals surface area contributed by atoms with Crippen molar-refractivity contribution >= 4 is 34.7 Å². The molecule has 39 heavy (non-hydrogen) atoms. The molecule has 11 nitrogen and oxygen atoms in total. The molecular formula is C27H35FN6O5. The number of nitrogen functional groups attached to an aromatic ring is 1. The molecule has 12 heteroatoms. The number of hydrogen-bond donors (Lipinski definition) is 2. The van der Waals surface area contributed by atoms with Gasteiger partial charge in [-0.05, 0) is 39.7 Å². The number of Topliss-reactive ketones (excluding diaryl/α,β-unsaturated/α-hetero) is 1. The van der Waals surface area contributed by atoms with Crippen molar-refractivity contribution in [1.29, 1.82) is 0 Å². The highest BCUT2D eigenvalue weighted by Gasteiger charge is 2.56. The lowest BCUT2D eigenvalue weighted by molar-refractivity contribution is -0.178. The molecule has 2 aromatic heterocycles. The van der Waals surface area contributed by atoms with Gasteiger partial charge >= 0.3 is 5.97 Å². The number of carbonyl (C=O) groups excluding carboxylic acids is 2. The maximum absolute atomic E-state index is 16.6. The number of nitrogens with one attached hydrogen (secondary N) is 1. The molecule has 3 N–H and O–H groups in total. The van der Waals surface area contributed by atoms with Gasteiger partial charge in [0.05, 0.1) is 17.8 Å². The van der Waals surface area contributed by atoms with Gasteiger partial charge in [-0.1, -0.05) is 30.3 Å². The molecule has 1 aliphatic heterocycles. The summed E-state index contributed by atoms with van der Waals surface area (Å²) in [6, 6.07) is 9.39. The Hall–Kier alpha value is -3.64. The second-order valence-corrected chi connectivity index (χ2v) is 10.8. The fourth-order valence-electron chi connectivity index (χ4n) is 4.57. The fraction of sp³-hybridized carbons (Fsp3) is 0.519. The van der Waals surface area contributed by atoms with Gasteiger partial charge in [0.2, 0.25) is 5.95 Å². The number of carbonyl (C=O) groups is 2. The van der Waals surface area contributed by atoms with Crippen molar-refractivity contribution in [3.8, 4) is 0 Å². The van der Waals surface area contributed by atoms with Gasteiger partial charge in [-0.2, -0.15) is 9.97 Å². The standard InChI is InChI=1S/C27H35FN6O5/c1-26(2,3)24(36)38-15-37-20-18(12-11-17(35)13-16-9-7-6-8-10-16)39-23(27(20,4)28)34-14-31-19-21(30-5)32-25(29)33-22(19)34/h6-10,14,18,20,23H,11-13,15H2,1-5H3,(H3,29,30,32,33)/t18-,20-,23-,27-/m1/s1. The lowest BCUT2D eigenvalue weighted by Crippen LogP contribution is -2.42. The molecule has 3 heterocycles. The Labute approximate surface area is 226 Å². The average molecular weight is 543 g/mol. The number of hydrogen-bond acceptors (Lipinski definition) is 10. The third-order valence-corrected chi connectivity index (χ3v) is 6.61. The molecule has 0 amide bonds. The van der Waals surface area contributed by atoms with E-state index < -0.39 is 42.3 Å². The van der Waals surface area contributed by atoms with Gasteiger partial charge in [0.1, 0.15) is 11.9 Å². The summed E-state index contributed by atoms with van der Waals surface area (Å²) in [5.74, 6) is -0.128. The van der Waals surface area contributed by atoms with Gasteiger partial charge in [-0.25, -0.2) is 9.37 Å². The SMILES string of the molecule is CNc1nc(N)nc2c1ncn2[C@@H]1O[C@H](CCC(=O)Cc2ccccc2)[C@@H](OCOC(=O)C(C)(C)C)[C@@]1(C)F. The van der Waals surface area contributed by atoms with E-state index in [-0.39, 0.29) is 36.6 Å². The average Bonchev–Trinajstić information content (AvgIpc) is 3.39. The summed E-state index contributed by atoms with van der Waals surface area (Å²) < 4.78 is 35.3. The van der Waals surface area contributed by atoms with Crippen LogP contribution in [0.15, 0.2) is 36.7 Å². The lowest BCUT2D eigenvalue weighted by atomic mass is 9.94. The number of nitrogens with two attached hydrogens (primary N) is 1. The smallest absolute Gasteiger partial charge is 0.313 e. The number of imidazole rings is 1. The highest BCUT2D eigenvalue weighted by molar-refractivity contribution is 5.84. The summed E-state index contributed by atoms with van der Waals surface area (Å²) in [7, 11) is 1.66. The highest BCUT2D eigenvalue weighted by Crippen LogP contribution is 2.45. The number of aromatic nitrogens is 4. The molecule has 1 aromatic carbocycles. The quantitative estimate of drug-likeness (QED) is 0.288. The molecular weight excluding hydrogens is 507 g/mol. The van der Waals surface area contributed by atoms with Crippen molar-refractivity contribution < 1.29 is 28.2 Å². The number of anilines is 2. The van der Waals surface area contributed by atoms with Crippen LogP contribution >= 0.6 is 0 Å². The number of fused-ring (bicyclic) bond motifs is 1. The first kappa shape index (κ1) is 28.4. The van der Waals surface area contributed by atoms with Crippen LogP contribution in [0.4, 0.5) is 16.2 Å². The predicted molar refractivity (Wildman–Crippen MR) is 142 cm³/mol. The topological polar surface area (TPSA) is 143 Å². The number of halogens is 1. The summed E-state index contributed by atoms with van der Waals surface area (Å²) in [4.78, 5) is 37.7. The summed E-state index contributed by atoms with van der Waals surface area (Å²) in [6.07, 6.45) is -1.17. The van der Waals surface area contributed by atoms with Crippen LogP contribution in [0.5, 0.6) is 0 Å². The first-order valence-electron chi connectivity index (χ1n) is 12.8. The summed E-state index contributed by atoms with van der Waals surface area (Å²) in [5.41, 5.74) is 4.57. The lowest BCUT2D eigenvalue weighted by Gasteiger charge is -2.28. The van der Waals surface area contributed by atoms with E-state index in [2.05, 4.69) is 20.3 Å². The van der Waals surface area contributed by atoms with Crippen molar-refractivity contribution in [2.75, 3.05) is 24.9 Å². The molecule has 0 aliphatic carbocycles. The normalized spacial score (nSPS) is 23.2. The van der Waals surface area contributed by atoms with Crippen LogP contribution < -0.4 is 11.1 Å². The Bertz CT molecular complexity index is 1320. The third kappa shape index (κ3) is 6.17. The van der Waals surface area contributed by atoms with Crippen molar-refractivity contribution in [2.45, 2.75) is 71.1 Å². The number of benzene rings is 1. The van der Waals surface area contributed by atoms with Gasteiger partial charge < -0.3 is 25.3 Å². The first-order valence-corrected chi connectivity index (χ1v) is 12.8. The van der Waals surface area contributed by atoms with E-state index in [4.69, 9.17) is 19.9 Å². The molecule has 210 valence electrons. The molecule has 0 spiro atoms. The van der Waals surface area contributed by atoms with Gasteiger partial charge in [0, 0.05) is 19.9 Å². The number of esters is 1. The van der Waals surface area contributed by atoms with Crippen LogP contribution in [-0.2, 0) is 30.2 Å². The largest absolute Gasteiger partial charge is 0.438 e. The molecule has 4 rings (SSSR count). The third-order valence-electron chi connectivity index (χ3n) is 6.61. The Morgan fingerprint density at radius 3 is 2.62 bits per heavy atom. The van der Waals surface area contributed by atoms with E-state index in [0.717, 1.165) is 5.56 Å². The molecule has 1 aliphatic rings. The number of nitrogens with zero attached hydrogens (tertiary/aromatic N) is 4. The van der Waals surface area contributed by atoms with Gasteiger partial charge in [-0.15, -0.1) is 0 Å². The Morgan fingerprint density at radius 1 is 1.23 bits per heavy atom. The second kappa shape index (κ2) is 11.2. The second-order valence-electron chi connectivity index (χ2n) is 10.8.